The van der Waals surface area contributed by atoms with Crippen LogP contribution in [0.1, 0.15) is 23.2 Å². The number of hydrogen-bond acceptors (Lipinski definition) is 3. The van der Waals surface area contributed by atoms with E-state index in [2.05, 4.69) is 4.98 Å². The summed E-state index contributed by atoms with van der Waals surface area (Å²) in [7, 11) is 0. The Morgan fingerprint density at radius 2 is 2.14 bits per heavy atom. The molecule has 1 fully saturated rings. The summed E-state index contributed by atoms with van der Waals surface area (Å²) in [5, 5.41) is 11.3. The van der Waals surface area contributed by atoms with E-state index in [1.807, 2.05) is 29.2 Å². The first kappa shape index (κ1) is 14.3. The second kappa shape index (κ2) is 6.00. The SMILES string of the molecule is O=C(c1cnc(Cl)c2ccccc12)N1CCCC(CO)C1. The molecule has 2 aromatic rings. The van der Waals surface area contributed by atoms with Crippen LogP contribution in [0, 0.1) is 5.92 Å². The molecule has 0 spiro atoms. The summed E-state index contributed by atoms with van der Waals surface area (Å²) in [6.07, 6.45) is 3.45. The van der Waals surface area contributed by atoms with Gasteiger partial charge < -0.3 is 10.0 Å². The van der Waals surface area contributed by atoms with E-state index in [1.165, 1.54) is 0 Å². The lowest BCUT2D eigenvalue weighted by molar-refractivity contribution is 0.0622. The zero-order valence-electron chi connectivity index (χ0n) is 11.6. The number of carbonyl (C=O) groups excluding carboxylic acids is 1. The van der Waals surface area contributed by atoms with Crippen molar-refractivity contribution in [3.05, 3.63) is 41.2 Å². The van der Waals surface area contributed by atoms with Gasteiger partial charge in [0.05, 0.1) is 5.56 Å². The fourth-order valence-corrected chi connectivity index (χ4v) is 3.11. The Morgan fingerprint density at radius 3 is 2.90 bits per heavy atom. The van der Waals surface area contributed by atoms with E-state index in [4.69, 9.17) is 11.6 Å². The van der Waals surface area contributed by atoms with E-state index < -0.39 is 0 Å². The summed E-state index contributed by atoms with van der Waals surface area (Å²) in [6, 6.07) is 7.53. The Hall–Kier alpha value is -1.65. The summed E-state index contributed by atoms with van der Waals surface area (Å²) >= 11 is 6.10. The molecule has 1 amide bonds. The molecule has 1 aliphatic heterocycles. The highest BCUT2D eigenvalue weighted by Crippen LogP contribution is 2.26. The number of piperidine rings is 1. The molecule has 2 heterocycles. The fourth-order valence-electron chi connectivity index (χ4n) is 2.90. The zero-order valence-corrected chi connectivity index (χ0v) is 12.4. The number of amides is 1. The summed E-state index contributed by atoms with van der Waals surface area (Å²) in [6.45, 7) is 1.46. The number of aliphatic hydroxyl groups excluding tert-OH is 1. The van der Waals surface area contributed by atoms with Gasteiger partial charge in [0.15, 0.2) is 0 Å². The first-order valence-electron chi connectivity index (χ1n) is 7.14. The molecule has 1 saturated heterocycles. The lowest BCUT2D eigenvalue weighted by Gasteiger charge is -2.32. The average molecular weight is 305 g/mol. The lowest BCUT2D eigenvalue weighted by Crippen LogP contribution is -2.41. The normalized spacial score (nSPS) is 19.0. The Bertz CT molecular complexity index is 674. The highest BCUT2D eigenvalue weighted by molar-refractivity contribution is 6.34. The standard InChI is InChI=1S/C16H17ClN2O2/c17-15-13-6-2-1-5-12(13)14(8-18-15)16(21)19-7-3-4-11(9-19)10-20/h1-2,5-6,8,11,20H,3-4,7,9-10H2. The maximum Gasteiger partial charge on any atom is 0.256 e. The van der Waals surface area contributed by atoms with Gasteiger partial charge in [-0.05, 0) is 24.1 Å². The molecule has 0 saturated carbocycles. The van der Waals surface area contributed by atoms with Crippen molar-refractivity contribution in [3.63, 3.8) is 0 Å². The van der Waals surface area contributed by atoms with Gasteiger partial charge in [0.1, 0.15) is 5.15 Å². The number of nitrogens with zero attached hydrogens (tertiary/aromatic N) is 2. The monoisotopic (exact) mass is 304 g/mol. The number of hydrogen-bond donors (Lipinski definition) is 1. The Labute approximate surface area is 128 Å². The summed E-state index contributed by atoms with van der Waals surface area (Å²) < 4.78 is 0. The third kappa shape index (κ3) is 2.74. The minimum absolute atomic E-state index is 0.0338. The summed E-state index contributed by atoms with van der Waals surface area (Å²) in [5.41, 5.74) is 0.577. The van der Waals surface area contributed by atoms with Crippen LogP contribution in [0.2, 0.25) is 5.15 Å². The Morgan fingerprint density at radius 1 is 1.38 bits per heavy atom. The Balaban J connectivity index is 1.96. The van der Waals surface area contributed by atoms with Gasteiger partial charge in [-0.25, -0.2) is 4.98 Å². The number of aliphatic hydroxyl groups is 1. The van der Waals surface area contributed by atoms with Crippen LogP contribution in [0.5, 0.6) is 0 Å². The molecular weight excluding hydrogens is 288 g/mol. The van der Waals surface area contributed by atoms with Crippen molar-refractivity contribution in [1.82, 2.24) is 9.88 Å². The highest BCUT2D eigenvalue weighted by atomic mass is 35.5. The molecule has 1 aliphatic rings. The zero-order chi connectivity index (χ0) is 14.8. The van der Waals surface area contributed by atoms with E-state index >= 15 is 0 Å². The van der Waals surface area contributed by atoms with Gasteiger partial charge >= 0.3 is 0 Å². The number of likely N-dealkylation sites (tertiary alicyclic amines) is 1. The van der Waals surface area contributed by atoms with Gasteiger partial charge in [-0.3, -0.25) is 4.79 Å². The quantitative estimate of drug-likeness (QED) is 0.868. The van der Waals surface area contributed by atoms with Crippen LogP contribution in [0.15, 0.2) is 30.5 Å². The predicted octanol–water partition coefficient (Wildman–Crippen LogP) is 2.73. The molecule has 1 aromatic carbocycles. The highest BCUT2D eigenvalue weighted by Gasteiger charge is 2.25. The number of carbonyl (C=O) groups is 1. The van der Waals surface area contributed by atoms with Gasteiger partial charge in [-0.2, -0.15) is 0 Å². The van der Waals surface area contributed by atoms with E-state index in [0.717, 1.165) is 30.2 Å². The first-order chi connectivity index (χ1) is 10.2. The van der Waals surface area contributed by atoms with E-state index in [0.29, 0.717) is 17.3 Å². The topological polar surface area (TPSA) is 53.4 Å². The van der Waals surface area contributed by atoms with Crippen LogP contribution in [-0.4, -0.2) is 40.6 Å². The molecule has 1 aromatic heterocycles. The molecule has 110 valence electrons. The van der Waals surface area contributed by atoms with Gasteiger partial charge in [0.2, 0.25) is 0 Å². The molecule has 21 heavy (non-hydrogen) atoms. The summed E-state index contributed by atoms with van der Waals surface area (Å²) in [4.78, 5) is 18.7. The maximum atomic E-state index is 12.7. The van der Waals surface area contributed by atoms with Crippen molar-refractivity contribution in [2.24, 2.45) is 5.92 Å². The first-order valence-corrected chi connectivity index (χ1v) is 7.52. The average Bonchev–Trinajstić information content (AvgIpc) is 2.55. The third-order valence-corrected chi connectivity index (χ3v) is 4.34. The second-order valence-corrected chi connectivity index (χ2v) is 5.81. The largest absolute Gasteiger partial charge is 0.396 e. The van der Waals surface area contributed by atoms with E-state index in [9.17, 15) is 9.90 Å². The molecule has 1 atom stereocenters. The van der Waals surface area contributed by atoms with Gasteiger partial charge in [-0.1, -0.05) is 35.9 Å². The number of pyridine rings is 1. The van der Waals surface area contributed by atoms with Crippen molar-refractivity contribution in [2.45, 2.75) is 12.8 Å². The maximum absolute atomic E-state index is 12.7. The smallest absolute Gasteiger partial charge is 0.256 e. The van der Waals surface area contributed by atoms with Gasteiger partial charge in [0.25, 0.3) is 5.91 Å². The number of fused-ring (bicyclic) bond motifs is 1. The van der Waals surface area contributed by atoms with Gasteiger partial charge in [-0.15, -0.1) is 0 Å². The summed E-state index contributed by atoms with van der Waals surface area (Å²) in [5.74, 6) is 0.141. The van der Waals surface area contributed by atoms with Crippen LogP contribution >= 0.6 is 11.6 Å². The molecule has 1 unspecified atom stereocenters. The number of halogens is 1. The third-order valence-electron chi connectivity index (χ3n) is 4.04. The molecule has 0 radical (unpaired) electrons. The number of benzene rings is 1. The molecular formula is C16H17ClN2O2. The van der Waals surface area contributed by atoms with Crippen LogP contribution in [0.4, 0.5) is 0 Å². The van der Waals surface area contributed by atoms with E-state index in [-0.39, 0.29) is 18.4 Å². The molecule has 0 bridgehead atoms. The molecule has 3 rings (SSSR count). The Kier molecular flexibility index (Phi) is 4.08. The van der Waals surface area contributed by atoms with Crippen LogP contribution in [0.3, 0.4) is 0 Å². The van der Waals surface area contributed by atoms with Gasteiger partial charge in [0, 0.05) is 31.3 Å². The van der Waals surface area contributed by atoms with Crippen molar-refractivity contribution in [1.29, 1.82) is 0 Å². The van der Waals surface area contributed by atoms with E-state index in [1.54, 1.807) is 6.20 Å². The molecule has 0 aliphatic carbocycles. The minimum atomic E-state index is -0.0338. The number of rotatable bonds is 2. The number of aromatic nitrogens is 1. The van der Waals surface area contributed by atoms with Crippen molar-refractivity contribution >= 4 is 28.3 Å². The van der Waals surface area contributed by atoms with Crippen molar-refractivity contribution in [2.75, 3.05) is 19.7 Å². The predicted molar refractivity (Wildman–Crippen MR) is 82.5 cm³/mol. The van der Waals surface area contributed by atoms with Crippen LogP contribution < -0.4 is 0 Å². The molecule has 1 N–H and O–H groups in total. The van der Waals surface area contributed by atoms with Crippen molar-refractivity contribution in [3.8, 4) is 0 Å². The fraction of sp³-hybridized carbons (Fsp3) is 0.375. The second-order valence-electron chi connectivity index (χ2n) is 5.45. The van der Waals surface area contributed by atoms with Crippen molar-refractivity contribution < 1.29 is 9.90 Å². The molecule has 4 nitrogen and oxygen atoms in total. The minimum Gasteiger partial charge on any atom is -0.396 e. The molecule has 5 heteroatoms. The van der Waals surface area contributed by atoms with Crippen LogP contribution in [0.25, 0.3) is 10.8 Å². The van der Waals surface area contributed by atoms with Crippen LogP contribution in [-0.2, 0) is 0 Å². The lowest BCUT2D eigenvalue weighted by atomic mass is 9.98.